The monoisotopic (exact) mass is 580 g/mol. The van der Waals surface area contributed by atoms with Crippen LogP contribution in [0.15, 0.2) is 48.9 Å². The van der Waals surface area contributed by atoms with E-state index in [2.05, 4.69) is 37.5 Å². The zero-order valence-electron chi connectivity index (χ0n) is 20.2. The van der Waals surface area contributed by atoms with Crippen LogP contribution in [0.3, 0.4) is 0 Å². The molecule has 0 saturated carbocycles. The number of nitrogens with zero attached hydrogens (tertiary/aromatic N) is 4. The number of aromatic nitrogens is 4. The maximum absolute atomic E-state index is 6.31. The number of piperidine rings is 1. The third-order valence-corrected chi connectivity index (χ3v) is 7.81. The van der Waals surface area contributed by atoms with Crippen molar-refractivity contribution in [3.8, 4) is 17.0 Å². The number of nitrogens with one attached hydrogen (secondary N) is 2. The highest BCUT2D eigenvalue weighted by Gasteiger charge is 2.43. The molecular weight excluding hydrogens is 554 g/mol. The van der Waals surface area contributed by atoms with E-state index in [1.165, 1.54) is 12.8 Å². The lowest BCUT2D eigenvalue weighted by atomic mass is 9.72. The van der Waals surface area contributed by atoms with Gasteiger partial charge in [-0.15, -0.1) is 24.8 Å². The largest absolute Gasteiger partial charge is 0.486 e. The molecule has 0 amide bonds. The lowest BCUT2D eigenvalue weighted by molar-refractivity contribution is 0.149. The van der Waals surface area contributed by atoms with Crippen LogP contribution >= 0.6 is 48.0 Å². The Morgan fingerprint density at radius 1 is 1.00 bits per heavy atom. The Morgan fingerprint density at radius 2 is 1.73 bits per heavy atom. The van der Waals surface area contributed by atoms with E-state index in [4.69, 9.17) is 32.9 Å². The Balaban J connectivity index is 0.00000160. The molecule has 5 heterocycles. The Kier molecular flexibility index (Phi) is 8.41. The van der Waals surface area contributed by atoms with Gasteiger partial charge in [0, 0.05) is 53.6 Å². The predicted molar refractivity (Wildman–Crippen MR) is 154 cm³/mol. The number of benzene rings is 1. The first-order valence-corrected chi connectivity index (χ1v) is 12.6. The summed E-state index contributed by atoms with van der Waals surface area (Å²) in [5.41, 5.74) is 3.92. The number of rotatable bonds is 5. The van der Waals surface area contributed by atoms with Gasteiger partial charge in [0.05, 0.1) is 15.6 Å². The molecule has 2 fully saturated rings. The first kappa shape index (κ1) is 27.7. The highest BCUT2D eigenvalue weighted by atomic mass is 35.5. The van der Waals surface area contributed by atoms with Gasteiger partial charge in [0.15, 0.2) is 0 Å². The average molecular weight is 582 g/mol. The molecular formula is C26H28Cl4N6O. The minimum absolute atomic E-state index is 0. The molecule has 1 aromatic carbocycles. The van der Waals surface area contributed by atoms with E-state index in [0.29, 0.717) is 26.8 Å². The molecule has 1 atom stereocenters. The summed E-state index contributed by atoms with van der Waals surface area (Å²) in [4.78, 5) is 11.2. The summed E-state index contributed by atoms with van der Waals surface area (Å²) in [7, 11) is 0. The summed E-state index contributed by atoms with van der Waals surface area (Å²) in [6, 6.07) is 10.0. The van der Waals surface area contributed by atoms with Gasteiger partial charge < -0.3 is 15.0 Å². The van der Waals surface area contributed by atoms with Crippen LogP contribution in [-0.4, -0.2) is 46.3 Å². The Hall–Kier alpha value is -2.29. The number of aromatic amines is 1. The molecule has 4 aromatic rings. The minimum atomic E-state index is -0.341. The average Bonchev–Trinajstić information content (AvgIpc) is 3.26. The van der Waals surface area contributed by atoms with Crippen LogP contribution in [0, 0.1) is 5.41 Å². The third kappa shape index (κ3) is 5.33. The van der Waals surface area contributed by atoms with Crippen molar-refractivity contribution in [2.75, 3.05) is 31.1 Å². The van der Waals surface area contributed by atoms with Gasteiger partial charge >= 0.3 is 0 Å². The van der Waals surface area contributed by atoms with E-state index in [-0.39, 0.29) is 30.9 Å². The maximum atomic E-state index is 6.31. The molecule has 0 radical (unpaired) electrons. The molecule has 0 unspecified atom stereocenters. The normalized spacial score (nSPS) is 17.0. The fourth-order valence-corrected chi connectivity index (χ4v) is 5.94. The quantitative estimate of drug-likeness (QED) is 0.280. The van der Waals surface area contributed by atoms with E-state index in [1.54, 1.807) is 12.4 Å². The van der Waals surface area contributed by atoms with Crippen LogP contribution in [0.2, 0.25) is 10.0 Å². The number of fused-ring (bicyclic) bond motifs is 1. The summed E-state index contributed by atoms with van der Waals surface area (Å²) < 4.78 is 6.19. The number of hydrogen-bond acceptors (Lipinski definition) is 6. The maximum Gasteiger partial charge on any atom is 0.128 e. The van der Waals surface area contributed by atoms with Crippen molar-refractivity contribution in [3.05, 3.63) is 64.5 Å². The second-order valence-corrected chi connectivity index (χ2v) is 10.4. The molecule has 2 N–H and O–H groups in total. The van der Waals surface area contributed by atoms with Crippen LogP contribution in [0.1, 0.15) is 31.4 Å². The van der Waals surface area contributed by atoms with Crippen molar-refractivity contribution in [2.45, 2.75) is 25.9 Å². The molecule has 11 heteroatoms. The number of ether oxygens (including phenoxy) is 1. The van der Waals surface area contributed by atoms with Crippen molar-refractivity contribution < 1.29 is 4.74 Å². The van der Waals surface area contributed by atoms with E-state index < -0.39 is 0 Å². The molecule has 3 aromatic heterocycles. The van der Waals surface area contributed by atoms with Gasteiger partial charge in [0.1, 0.15) is 23.4 Å². The number of halogens is 4. The SMILES string of the molecule is C[C@@H](Oc1ccc2[nH]nc(-c3ccc(N4CC5(CCNCC5)C4)nc3)c2c1)c1c(Cl)cncc1Cl.Cl.Cl. The minimum Gasteiger partial charge on any atom is -0.486 e. The summed E-state index contributed by atoms with van der Waals surface area (Å²) in [6.45, 7) is 6.35. The van der Waals surface area contributed by atoms with Crippen molar-refractivity contribution in [3.63, 3.8) is 0 Å². The fourth-order valence-electron chi connectivity index (χ4n) is 5.27. The zero-order chi connectivity index (χ0) is 24.0. The summed E-state index contributed by atoms with van der Waals surface area (Å²) >= 11 is 12.6. The number of hydrogen-bond donors (Lipinski definition) is 2. The molecule has 37 heavy (non-hydrogen) atoms. The van der Waals surface area contributed by atoms with E-state index >= 15 is 0 Å². The Labute approximate surface area is 238 Å². The number of pyridine rings is 2. The molecule has 0 aliphatic carbocycles. The van der Waals surface area contributed by atoms with Gasteiger partial charge in [-0.05, 0) is 63.2 Å². The summed E-state index contributed by atoms with van der Waals surface area (Å²) in [5.74, 6) is 1.73. The number of H-pyrrole nitrogens is 1. The molecule has 196 valence electrons. The third-order valence-electron chi connectivity index (χ3n) is 7.21. The first-order chi connectivity index (χ1) is 17.0. The van der Waals surface area contributed by atoms with Crippen molar-refractivity contribution in [2.24, 2.45) is 5.41 Å². The molecule has 2 saturated heterocycles. The second kappa shape index (κ2) is 11.2. The number of anilines is 1. The van der Waals surface area contributed by atoms with E-state index in [1.807, 2.05) is 31.3 Å². The van der Waals surface area contributed by atoms with Crippen molar-refractivity contribution in [1.82, 2.24) is 25.5 Å². The van der Waals surface area contributed by atoms with Crippen LogP contribution in [-0.2, 0) is 0 Å². The van der Waals surface area contributed by atoms with Crippen LogP contribution in [0.25, 0.3) is 22.2 Å². The molecule has 2 aliphatic rings. The van der Waals surface area contributed by atoms with E-state index in [9.17, 15) is 0 Å². The zero-order valence-corrected chi connectivity index (χ0v) is 23.4. The van der Waals surface area contributed by atoms with Crippen LogP contribution in [0.5, 0.6) is 5.75 Å². The van der Waals surface area contributed by atoms with Crippen LogP contribution in [0.4, 0.5) is 5.82 Å². The van der Waals surface area contributed by atoms with Gasteiger partial charge in [0.25, 0.3) is 0 Å². The van der Waals surface area contributed by atoms with Gasteiger partial charge in [-0.25, -0.2) is 4.98 Å². The second-order valence-electron chi connectivity index (χ2n) is 9.57. The van der Waals surface area contributed by atoms with Gasteiger partial charge in [-0.3, -0.25) is 10.1 Å². The summed E-state index contributed by atoms with van der Waals surface area (Å²) in [5, 5.41) is 13.1. The fraction of sp³-hybridized carbons (Fsp3) is 0.346. The predicted octanol–water partition coefficient (Wildman–Crippen LogP) is 6.50. The lowest BCUT2D eigenvalue weighted by Gasteiger charge is -2.53. The van der Waals surface area contributed by atoms with Gasteiger partial charge in [-0.2, -0.15) is 5.10 Å². The van der Waals surface area contributed by atoms with E-state index in [0.717, 1.165) is 54.2 Å². The standard InChI is InChI=1S/C26H26Cl2N6O.2ClH/c1-16(24-20(27)12-30-13-21(24)28)35-18-3-4-22-19(10-18)25(33-32-22)17-2-5-23(31-11-17)34-14-26(15-34)6-8-29-9-7-26;;/h2-5,10-13,16,29H,6-9,14-15H2,1H3,(H,32,33);2*1H/t16-;;/m1../s1. The lowest BCUT2D eigenvalue weighted by Crippen LogP contribution is -2.60. The van der Waals surface area contributed by atoms with Gasteiger partial charge in [0.2, 0.25) is 0 Å². The molecule has 1 spiro atoms. The van der Waals surface area contributed by atoms with Crippen molar-refractivity contribution >= 4 is 64.7 Å². The van der Waals surface area contributed by atoms with Crippen LogP contribution < -0.4 is 15.0 Å². The topological polar surface area (TPSA) is 79.0 Å². The Bertz CT molecular complexity index is 1350. The molecule has 7 nitrogen and oxygen atoms in total. The molecule has 0 bridgehead atoms. The Morgan fingerprint density at radius 3 is 2.41 bits per heavy atom. The summed E-state index contributed by atoms with van der Waals surface area (Å²) in [6.07, 6.45) is 7.22. The molecule has 6 rings (SSSR count). The first-order valence-electron chi connectivity index (χ1n) is 11.9. The van der Waals surface area contributed by atoms with Gasteiger partial charge in [-0.1, -0.05) is 23.2 Å². The smallest absolute Gasteiger partial charge is 0.128 e. The van der Waals surface area contributed by atoms with Crippen molar-refractivity contribution in [1.29, 1.82) is 0 Å². The molecule has 2 aliphatic heterocycles. The highest BCUT2D eigenvalue weighted by Crippen LogP contribution is 2.41. The highest BCUT2D eigenvalue weighted by molar-refractivity contribution is 6.35.